The number of carboxylic acid groups (broad SMARTS) is 2. The molecule has 0 unspecified atom stereocenters. The third-order valence-electron chi connectivity index (χ3n) is 0.995. The molecule has 0 spiro atoms. The number of rotatable bonds is 6. The van der Waals surface area contributed by atoms with Crippen LogP contribution in [-0.2, 0) is 19.1 Å². The first kappa shape index (κ1) is 11.4. The van der Waals surface area contributed by atoms with E-state index in [9.17, 15) is 19.8 Å². The molecule has 6 heteroatoms. The summed E-state index contributed by atoms with van der Waals surface area (Å²) in [5, 5.41) is 20.1. The van der Waals surface area contributed by atoms with Gasteiger partial charge in [0, 0.05) is 13.2 Å². The molecule has 0 heterocycles. The van der Waals surface area contributed by atoms with Gasteiger partial charge < -0.3 is 29.3 Å². The van der Waals surface area contributed by atoms with E-state index in [-0.39, 0.29) is 13.2 Å². The van der Waals surface area contributed by atoms with Gasteiger partial charge in [0.1, 0.15) is 18.3 Å². The number of hydrogen-bond donors (Lipinski definition) is 0. The van der Waals surface area contributed by atoms with Gasteiger partial charge in [-0.3, -0.25) is 0 Å². The van der Waals surface area contributed by atoms with Gasteiger partial charge in [-0.15, -0.1) is 0 Å². The van der Waals surface area contributed by atoms with Crippen molar-refractivity contribution in [3.8, 4) is 0 Å². The quantitative estimate of drug-likeness (QED) is 0.251. The van der Waals surface area contributed by atoms with Gasteiger partial charge in [0.2, 0.25) is 0 Å². The summed E-state index contributed by atoms with van der Waals surface area (Å²) < 4.78 is 9.06. The van der Waals surface area contributed by atoms with Crippen LogP contribution < -0.4 is 10.2 Å². The van der Waals surface area contributed by atoms with Gasteiger partial charge in [-0.1, -0.05) is 0 Å². The Labute approximate surface area is 74.4 Å². The van der Waals surface area contributed by atoms with Gasteiger partial charge in [-0.05, 0) is 0 Å². The van der Waals surface area contributed by atoms with Crippen LogP contribution in [0.25, 0.3) is 0 Å². The molecule has 0 amide bonds. The number of hydrogen-bond acceptors (Lipinski definition) is 6. The van der Waals surface area contributed by atoms with Crippen molar-refractivity contribution in [1.82, 2.24) is 0 Å². The lowest BCUT2D eigenvalue weighted by atomic mass is 10.4. The molecule has 0 atom stereocenters. The first-order valence-electron chi connectivity index (χ1n) is 3.33. The van der Waals surface area contributed by atoms with Crippen molar-refractivity contribution in [2.45, 2.75) is 0 Å². The lowest BCUT2D eigenvalue weighted by Crippen LogP contribution is -2.29. The minimum Gasteiger partial charge on any atom is -0.545 e. The zero-order chi connectivity index (χ0) is 10.3. The Kier molecular flexibility index (Phi) is 5.29. The van der Waals surface area contributed by atoms with Crippen molar-refractivity contribution in [2.75, 3.05) is 20.3 Å². The van der Waals surface area contributed by atoms with Gasteiger partial charge in [0.25, 0.3) is 0 Å². The topological polar surface area (TPSA) is 98.7 Å². The molecule has 0 saturated heterocycles. The van der Waals surface area contributed by atoms with Crippen LogP contribution in [-0.4, -0.2) is 32.3 Å². The highest BCUT2D eigenvalue weighted by Crippen LogP contribution is 1.94. The summed E-state index contributed by atoms with van der Waals surface area (Å²) in [6.45, 7) is 0.0846. The number of carbonyl (C=O) groups is 2. The predicted molar refractivity (Wildman–Crippen MR) is 35.9 cm³/mol. The molecule has 0 aliphatic heterocycles. The van der Waals surface area contributed by atoms with E-state index < -0.39 is 17.7 Å². The lowest BCUT2D eigenvalue weighted by Gasteiger charge is -2.10. The van der Waals surface area contributed by atoms with E-state index in [1.54, 1.807) is 0 Å². The second-order valence-electron chi connectivity index (χ2n) is 1.96. The van der Waals surface area contributed by atoms with Crippen LogP contribution in [0.15, 0.2) is 11.8 Å². The number of methoxy groups -OCH3 is 1. The fourth-order valence-electron chi connectivity index (χ4n) is 0.502. The standard InChI is InChI=1S/C7H10O6/c1-12-2-3-13-5(7(10)11)4-6(8)9/h4H,2-3H2,1H3,(H,8,9)(H,10,11)/p-2/b5-4-. The van der Waals surface area contributed by atoms with E-state index >= 15 is 0 Å². The van der Waals surface area contributed by atoms with Crippen molar-refractivity contribution >= 4 is 11.9 Å². The molecule has 0 N–H and O–H groups in total. The molecule has 0 aliphatic carbocycles. The summed E-state index contributed by atoms with van der Waals surface area (Å²) in [5.74, 6) is -4.14. The summed E-state index contributed by atoms with van der Waals surface area (Å²) in [7, 11) is 1.39. The Hall–Kier alpha value is -1.56. The third-order valence-corrected chi connectivity index (χ3v) is 0.995. The minimum atomic E-state index is -1.71. The van der Waals surface area contributed by atoms with Crippen LogP contribution in [0.2, 0.25) is 0 Å². The second-order valence-corrected chi connectivity index (χ2v) is 1.96. The molecular formula is C7H8O6-2. The molecule has 13 heavy (non-hydrogen) atoms. The Morgan fingerprint density at radius 3 is 2.31 bits per heavy atom. The highest BCUT2D eigenvalue weighted by Gasteiger charge is 1.98. The maximum Gasteiger partial charge on any atom is 0.143 e. The molecule has 0 aromatic rings. The van der Waals surface area contributed by atoms with Crippen LogP contribution in [0.3, 0.4) is 0 Å². The SMILES string of the molecule is COCCO/C(=C\C(=O)[O-])C(=O)[O-]. The largest absolute Gasteiger partial charge is 0.545 e. The van der Waals surface area contributed by atoms with E-state index in [0.29, 0.717) is 6.08 Å². The van der Waals surface area contributed by atoms with Crippen LogP contribution in [0.1, 0.15) is 0 Å². The Balaban J connectivity index is 4.11. The molecule has 6 nitrogen and oxygen atoms in total. The molecule has 0 fully saturated rings. The summed E-state index contributed by atoms with van der Waals surface area (Å²) in [4.78, 5) is 20.1. The molecule has 0 aliphatic rings. The monoisotopic (exact) mass is 188 g/mol. The highest BCUT2D eigenvalue weighted by atomic mass is 16.5. The van der Waals surface area contributed by atoms with Gasteiger partial charge in [-0.2, -0.15) is 0 Å². The molecule has 0 aromatic heterocycles. The van der Waals surface area contributed by atoms with Crippen molar-refractivity contribution in [1.29, 1.82) is 0 Å². The highest BCUT2D eigenvalue weighted by molar-refractivity contribution is 5.90. The number of aliphatic carboxylic acids is 2. The number of ether oxygens (including phenoxy) is 2. The van der Waals surface area contributed by atoms with Crippen LogP contribution in [0.4, 0.5) is 0 Å². The Morgan fingerprint density at radius 2 is 1.92 bits per heavy atom. The summed E-state index contributed by atoms with van der Waals surface area (Å²) >= 11 is 0. The van der Waals surface area contributed by atoms with Crippen LogP contribution in [0.5, 0.6) is 0 Å². The summed E-state index contributed by atoms with van der Waals surface area (Å²) in [5.41, 5.74) is 0. The second kappa shape index (κ2) is 6.01. The maximum atomic E-state index is 10.2. The van der Waals surface area contributed by atoms with Crippen molar-refractivity contribution in [3.05, 3.63) is 11.8 Å². The van der Waals surface area contributed by atoms with Crippen LogP contribution >= 0.6 is 0 Å². The summed E-state index contributed by atoms with van der Waals surface area (Å²) in [6, 6.07) is 0. The normalized spacial score (nSPS) is 11.0. The predicted octanol–water partition coefficient (Wildman–Crippen LogP) is -2.97. The molecule has 0 saturated carbocycles. The third kappa shape index (κ3) is 5.68. The van der Waals surface area contributed by atoms with Gasteiger partial charge in [0.15, 0.2) is 0 Å². The lowest BCUT2D eigenvalue weighted by molar-refractivity contribution is -0.306. The fraction of sp³-hybridized carbons (Fsp3) is 0.429. The van der Waals surface area contributed by atoms with E-state index in [2.05, 4.69) is 9.47 Å². The van der Waals surface area contributed by atoms with Crippen molar-refractivity contribution < 1.29 is 29.3 Å². The van der Waals surface area contributed by atoms with Crippen molar-refractivity contribution in [2.24, 2.45) is 0 Å². The summed E-state index contributed by atoms with van der Waals surface area (Å²) in [6.07, 6.45) is 0.311. The molecule has 74 valence electrons. The minimum absolute atomic E-state index is 0.0659. The van der Waals surface area contributed by atoms with Crippen molar-refractivity contribution in [3.63, 3.8) is 0 Å². The average molecular weight is 188 g/mol. The van der Waals surface area contributed by atoms with E-state index in [1.165, 1.54) is 7.11 Å². The zero-order valence-electron chi connectivity index (χ0n) is 6.94. The van der Waals surface area contributed by atoms with E-state index in [0.717, 1.165) is 0 Å². The average Bonchev–Trinajstić information content (AvgIpc) is 2.02. The smallest absolute Gasteiger partial charge is 0.143 e. The molecule has 0 bridgehead atoms. The van der Waals surface area contributed by atoms with E-state index in [1.807, 2.05) is 0 Å². The fourth-order valence-corrected chi connectivity index (χ4v) is 0.502. The van der Waals surface area contributed by atoms with Crippen LogP contribution in [0, 0.1) is 0 Å². The molecule has 0 radical (unpaired) electrons. The Morgan fingerprint density at radius 1 is 1.31 bits per heavy atom. The molecule has 0 aromatic carbocycles. The maximum absolute atomic E-state index is 10.2. The van der Waals surface area contributed by atoms with Gasteiger partial charge in [0.05, 0.1) is 12.6 Å². The zero-order valence-corrected chi connectivity index (χ0v) is 6.94. The number of carbonyl (C=O) groups excluding carboxylic acids is 2. The Bertz CT molecular complexity index is 219. The first-order valence-corrected chi connectivity index (χ1v) is 3.33. The molecular weight excluding hydrogens is 180 g/mol. The first-order chi connectivity index (χ1) is 6.07. The van der Waals surface area contributed by atoms with Gasteiger partial charge in [-0.25, -0.2) is 0 Å². The number of carboxylic acids is 2. The van der Waals surface area contributed by atoms with E-state index in [4.69, 9.17) is 0 Å². The molecule has 0 rings (SSSR count). The van der Waals surface area contributed by atoms with Gasteiger partial charge >= 0.3 is 0 Å².